The third-order valence-corrected chi connectivity index (χ3v) is 3.00. The summed E-state index contributed by atoms with van der Waals surface area (Å²) in [6.45, 7) is 3.87. The van der Waals surface area contributed by atoms with Crippen LogP contribution in [0.25, 0.3) is 0 Å². The number of hydrogen-bond acceptors (Lipinski definition) is 5. The van der Waals surface area contributed by atoms with Crippen molar-refractivity contribution in [3.05, 3.63) is 34.3 Å². The Kier molecular flexibility index (Phi) is 3.04. The predicted octanol–water partition coefficient (Wildman–Crippen LogP) is 1.05. The van der Waals surface area contributed by atoms with E-state index in [0.29, 0.717) is 5.16 Å². The molecule has 0 fully saturated rings. The molecule has 2 aromatic rings. The summed E-state index contributed by atoms with van der Waals surface area (Å²) < 4.78 is 0. The monoisotopic (exact) mass is 237 g/mol. The van der Waals surface area contributed by atoms with E-state index in [1.807, 2.05) is 13.8 Å². The van der Waals surface area contributed by atoms with Gasteiger partial charge in [-0.25, -0.2) is 9.89 Å². The van der Waals surface area contributed by atoms with Gasteiger partial charge in [0, 0.05) is 12.4 Å². The number of H-pyrrole nitrogens is 2. The molecule has 2 aromatic heterocycles. The number of rotatable bonds is 3. The van der Waals surface area contributed by atoms with Crippen molar-refractivity contribution >= 4 is 11.8 Å². The summed E-state index contributed by atoms with van der Waals surface area (Å²) in [4.78, 5) is 21.9. The van der Waals surface area contributed by atoms with Gasteiger partial charge in [0.05, 0.1) is 16.6 Å². The molecule has 0 saturated heterocycles. The van der Waals surface area contributed by atoms with Crippen LogP contribution in [0, 0.1) is 6.92 Å². The summed E-state index contributed by atoms with van der Waals surface area (Å²) in [7, 11) is 0. The van der Waals surface area contributed by atoms with E-state index in [0.717, 1.165) is 11.4 Å². The molecular weight excluding hydrogens is 226 g/mol. The Morgan fingerprint density at radius 1 is 1.38 bits per heavy atom. The van der Waals surface area contributed by atoms with Gasteiger partial charge in [0.25, 0.3) is 0 Å². The van der Waals surface area contributed by atoms with Gasteiger partial charge in [0.2, 0.25) is 0 Å². The fourth-order valence-electron chi connectivity index (χ4n) is 1.15. The standard InChI is InChI=1S/C9H11N5OS/c1-5-3-11-7(4-10-5)6(2)16-9-12-8(15)13-14-9/h3-4,6H,1-2H3,(H2,12,13,14,15). The van der Waals surface area contributed by atoms with Crippen molar-refractivity contribution in [2.75, 3.05) is 0 Å². The largest absolute Gasteiger partial charge is 0.341 e. The lowest BCUT2D eigenvalue weighted by atomic mass is 10.3. The number of thioether (sulfide) groups is 1. The zero-order chi connectivity index (χ0) is 11.5. The topological polar surface area (TPSA) is 87.3 Å². The van der Waals surface area contributed by atoms with Crippen molar-refractivity contribution in [3.63, 3.8) is 0 Å². The van der Waals surface area contributed by atoms with Crippen LogP contribution in [-0.4, -0.2) is 25.1 Å². The zero-order valence-electron chi connectivity index (χ0n) is 8.89. The number of nitrogens with one attached hydrogen (secondary N) is 2. The van der Waals surface area contributed by atoms with Gasteiger partial charge in [-0.2, -0.15) is 0 Å². The van der Waals surface area contributed by atoms with E-state index < -0.39 is 0 Å². The molecule has 6 nitrogen and oxygen atoms in total. The molecule has 0 spiro atoms. The molecule has 0 aromatic carbocycles. The molecule has 2 N–H and O–H groups in total. The van der Waals surface area contributed by atoms with E-state index in [2.05, 4.69) is 25.1 Å². The van der Waals surface area contributed by atoms with Crippen molar-refractivity contribution in [1.29, 1.82) is 0 Å². The molecule has 7 heteroatoms. The quantitative estimate of drug-likeness (QED) is 0.779. The minimum Gasteiger partial charge on any atom is -0.284 e. The highest BCUT2D eigenvalue weighted by atomic mass is 32.2. The Labute approximate surface area is 95.9 Å². The second-order valence-corrected chi connectivity index (χ2v) is 4.66. The first-order valence-corrected chi connectivity index (χ1v) is 5.63. The second-order valence-electron chi connectivity index (χ2n) is 3.33. The molecule has 2 rings (SSSR count). The van der Waals surface area contributed by atoms with Crippen LogP contribution in [0.15, 0.2) is 22.3 Å². The molecule has 0 radical (unpaired) electrons. The highest BCUT2D eigenvalue weighted by Gasteiger charge is 2.11. The van der Waals surface area contributed by atoms with Crippen LogP contribution in [0.4, 0.5) is 0 Å². The maximum Gasteiger partial charge on any atom is 0.341 e. The average Bonchev–Trinajstić information content (AvgIpc) is 2.65. The highest BCUT2D eigenvalue weighted by Crippen LogP contribution is 2.30. The number of aromatic nitrogens is 5. The lowest BCUT2D eigenvalue weighted by molar-refractivity contribution is 0.929. The molecule has 2 heterocycles. The van der Waals surface area contributed by atoms with Gasteiger partial charge in [-0.05, 0) is 13.8 Å². The first-order valence-electron chi connectivity index (χ1n) is 4.75. The second kappa shape index (κ2) is 4.48. The fraction of sp³-hybridized carbons (Fsp3) is 0.333. The summed E-state index contributed by atoms with van der Waals surface area (Å²) >= 11 is 1.42. The highest BCUT2D eigenvalue weighted by molar-refractivity contribution is 7.99. The number of aromatic amines is 2. The molecule has 0 aliphatic heterocycles. The van der Waals surface area contributed by atoms with Crippen LogP contribution in [-0.2, 0) is 0 Å². The van der Waals surface area contributed by atoms with Gasteiger partial charge >= 0.3 is 5.69 Å². The Morgan fingerprint density at radius 3 is 2.75 bits per heavy atom. The molecule has 0 bridgehead atoms. The molecule has 1 unspecified atom stereocenters. The van der Waals surface area contributed by atoms with E-state index in [9.17, 15) is 4.79 Å². The molecule has 0 amide bonds. The van der Waals surface area contributed by atoms with Crippen molar-refractivity contribution in [2.24, 2.45) is 0 Å². The fourth-order valence-corrected chi connectivity index (χ4v) is 1.98. The SMILES string of the molecule is Cc1cnc(C(C)Sc2n[nH]c(=O)[nH]2)cn1. The Balaban J connectivity index is 2.11. The minimum atomic E-state index is -0.301. The van der Waals surface area contributed by atoms with E-state index in [-0.39, 0.29) is 10.9 Å². The van der Waals surface area contributed by atoms with Gasteiger partial charge in [-0.3, -0.25) is 15.0 Å². The van der Waals surface area contributed by atoms with Crippen molar-refractivity contribution < 1.29 is 0 Å². The van der Waals surface area contributed by atoms with E-state index >= 15 is 0 Å². The Morgan fingerprint density at radius 2 is 2.19 bits per heavy atom. The minimum absolute atomic E-state index is 0.0899. The van der Waals surface area contributed by atoms with Gasteiger partial charge in [-0.15, -0.1) is 5.10 Å². The Hall–Kier alpha value is -1.63. The molecule has 0 saturated carbocycles. The van der Waals surface area contributed by atoms with Gasteiger partial charge in [0.15, 0.2) is 5.16 Å². The lowest BCUT2D eigenvalue weighted by Gasteiger charge is -2.07. The summed E-state index contributed by atoms with van der Waals surface area (Å²) in [5.41, 5.74) is 1.44. The smallest absolute Gasteiger partial charge is 0.284 e. The molecule has 84 valence electrons. The Bertz CT molecular complexity index is 517. The van der Waals surface area contributed by atoms with Crippen molar-refractivity contribution in [1.82, 2.24) is 25.1 Å². The van der Waals surface area contributed by atoms with E-state index in [1.54, 1.807) is 12.4 Å². The van der Waals surface area contributed by atoms with Gasteiger partial charge in [0.1, 0.15) is 0 Å². The molecule has 16 heavy (non-hydrogen) atoms. The van der Waals surface area contributed by atoms with Crippen molar-refractivity contribution in [2.45, 2.75) is 24.3 Å². The molecule has 1 atom stereocenters. The van der Waals surface area contributed by atoms with E-state index in [1.165, 1.54) is 11.8 Å². The van der Waals surface area contributed by atoms with Crippen LogP contribution in [0.2, 0.25) is 0 Å². The normalized spacial score (nSPS) is 12.6. The summed E-state index contributed by atoms with van der Waals surface area (Å²) in [6.07, 6.45) is 3.46. The zero-order valence-corrected chi connectivity index (χ0v) is 9.71. The number of nitrogens with zero attached hydrogens (tertiary/aromatic N) is 3. The van der Waals surface area contributed by atoms with Crippen LogP contribution >= 0.6 is 11.8 Å². The molecular formula is C9H11N5OS. The average molecular weight is 237 g/mol. The summed E-state index contributed by atoms with van der Waals surface area (Å²) in [5.74, 6) is 0. The van der Waals surface area contributed by atoms with Crippen molar-refractivity contribution in [3.8, 4) is 0 Å². The van der Waals surface area contributed by atoms with Crippen LogP contribution in [0.5, 0.6) is 0 Å². The first-order chi connectivity index (χ1) is 7.65. The molecule has 0 aliphatic rings. The third kappa shape index (κ3) is 2.48. The molecule has 0 aliphatic carbocycles. The predicted molar refractivity (Wildman–Crippen MR) is 60.2 cm³/mol. The van der Waals surface area contributed by atoms with E-state index in [4.69, 9.17) is 0 Å². The van der Waals surface area contributed by atoms with Gasteiger partial charge < -0.3 is 0 Å². The third-order valence-electron chi connectivity index (χ3n) is 1.99. The summed E-state index contributed by atoms with van der Waals surface area (Å²) in [6, 6.07) is 0. The lowest BCUT2D eigenvalue weighted by Crippen LogP contribution is -2.00. The first kappa shape index (κ1) is 10.9. The summed E-state index contributed by atoms with van der Waals surface area (Å²) in [5, 5.41) is 6.78. The van der Waals surface area contributed by atoms with Crippen LogP contribution in [0.3, 0.4) is 0 Å². The van der Waals surface area contributed by atoms with Crippen LogP contribution in [0.1, 0.15) is 23.6 Å². The maximum absolute atomic E-state index is 10.8. The van der Waals surface area contributed by atoms with Crippen LogP contribution < -0.4 is 5.69 Å². The number of aryl methyl sites for hydroxylation is 1. The number of hydrogen-bond donors (Lipinski definition) is 2. The van der Waals surface area contributed by atoms with Gasteiger partial charge in [-0.1, -0.05) is 11.8 Å². The maximum atomic E-state index is 10.8.